The van der Waals surface area contributed by atoms with Crippen LogP contribution in [0.5, 0.6) is 0 Å². The van der Waals surface area contributed by atoms with Gasteiger partial charge in [-0.2, -0.15) is 0 Å². The minimum atomic E-state index is -0.832. The van der Waals surface area contributed by atoms with Crippen LogP contribution >= 0.6 is 0 Å². The second-order valence-electron chi connectivity index (χ2n) is 3.04. The van der Waals surface area contributed by atoms with Gasteiger partial charge in [-0.25, -0.2) is 4.79 Å². The summed E-state index contributed by atoms with van der Waals surface area (Å²) in [5.74, 6) is -0.0281. The predicted molar refractivity (Wildman–Crippen MR) is 49.3 cm³/mol. The minimum absolute atomic E-state index is 0.339. The monoisotopic (exact) mass is 196 g/mol. The standard InChI is InChI=1S/C9H12N2O3/c1-6(8(12)11-9(10)13)5-7-3-2-4-14-7/h2-4,6H,5H2,1H3,(H3,10,11,12,13)/t6-/m0/s1. The third-order valence-corrected chi connectivity index (χ3v) is 1.78. The van der Waals surface area contributed by atoms with Crippen LogP contribution in [0.4, 0.5) is 4.79 Å². The summed E-state index contributed by atoms with van der Waals surface area (Å²) >= 11 is 0. The highest BCUT2D eigenvalue weighted by molar-refractivity contribution is 5.94. The number of nitrogens with two attached hydrogens (primary N) is 1. The Labute approximate surface area is 81.3 Å². The maximum absolute atomic E-state index is 11.2. The van der Waals surface area contributed by atoms with Crippen LogP contribution in [0.1, 0.15) is 12.7 Å². The van der Waals surface area contributed by atoms with Crippen LogP contribution in [0.15, 0.2) is 22.8 Å². The quantitative estimate of drug-likeness (QED) is 0.744. The van der Waals surface area contributed by atoms with Gasteiger partial charge in [0.05, 0.1) is 6.26 Å². The van der Waals surface area contributed by atoms with Crippen molar-refractivity contribution < 1.29 is 14.0 Å². The van der Waals surface area contributed by atoms with E-state index in [0.717, 1.165) is 0 Å². The van der Waals surface area contributed by atoms with Crippen molar-refractivity contribution in [3.05, 3.63) is 24.2 Å². The van der Waals surface area contributed by atoms with E-state index in [4.69, 9.17) is 10.2 Å². The molecule has 1 atom stereocenters. The van der Waals surface area contributed by atoms with Crippen LogP contribution in [-0.4, -0.2) is 11.9 Å². The van der Waals surface area contributed by atoms with Gasteiger partial charge in [-0.1, -0.05) is 6.92 Å². The molecule has 5 heteroatoms. The number of hydrogen-bond acceptors (Lipinski definition) is 3. The summed E-state index contributed by atoms with van der Waals surface area (Å²) in [6, 6.07) is 2.68. The van der Waals surface area contributed by atoms with Gasteiger partial charge in [0.1, 0.15) is 5.76 Å². The molecule has 0 bridgehead atoms. The van der Waals surface area contributed by atoms with Crippen molar-refractivity contribution >= 4 is 11.9 Å². The number of imide groups is 1. The fraction of sp³-hybridized carbons (Fsp3) is 0.333. The Hall–Kier alpha value is -1.78. The lowest BCUT2D eigenvalue weighted by molar-refractivity contribution is -0.123. The van der Waals surface area contributed by atoms with Crippen LogP contribution in [-0.2, 0) is 11.2 Å². The van der Waals surface area contributed by atoms with E-state index in [1.54, 1.807) is 19.1 Å². The first kappa shape index (κ1) is 10.3. The van der Waals surface area contributed by atoms with E-state index in [1.807, 2.05) is 5.32 Å². The first-order chi connectivity index (χ1) is 6.59. The van der Waals surface area contributed by atoms with Crippen molar-refractivity contribution in [1.29, 1.82) is 0 Å². The summed E-state index contributed by atoms with van der Waals surface area (Å²) in [4.78, 5) is 21.6. The molecule has 0 aliphatic rings. The van der Waals surface area contributed by atoms with Crippen LogP contribution in [0.3, 0.4) is 0 Å². The molecule has 0 aliphatic carbocycles. The molecule has 0 aliphatic heterocycles. The molecule has 1 rings (SSSR count). The summed E-state index contributed by atoms with van der Waals surface area (Å²) in [7, 11) is 0. The Bertz CT molecular complexity index is 319. The second-order valence-corrected chi connectivity index (χ2v) is 3.04. The normalized spacial score (nSPS) is 12.1. The molecule has 1 aromatic rings. The van der Waals surface area contributed by atoms with E-state index in [0.29, 0.717) is 12.2 Å². The molecule has 1 heterocycles. The zero-order chi connectivity index (χ0) is 10.6. The fourth-order valence-corrected chi connectivity index (χ4v) is 1.07. The predicted octanol–water partition coefficient (Wildman–Crippen LogP) is 0.653. The lowest BCUT2D eigenvalue weighted by atomic mass is 10.1. The number of furan rings is 1. The van der Waals surface area contributed by atoms with Crippen molar-refractivity contribution in [2.24, 2.45) is 11.7 Å². The van der Waals surface area contributed by atoms with Crippen LogP contribution in [0.2, 0.25) is 0 Å². The molecule has 14 heavy (non-hydrogen) atoms. The summed E-state index contributed by atoms with van der Waals surface area (Å²) in [6.07, 6.45) is 1.99. The van der Waals surface area contributed by atoms with Crippen molar-refractivity contribution in [1.82, 2.24) is 5.32 Å². The van der Waals surface area contributed by atoms with Gasteiger partial charge in [-0.05, 0) is 12.1 Å². The van der Waals surface area contributed by atoms with E-state index in [1.165, 1.54) is 6.26 Å². The number of rotatable bonds is 3. The molecule has 3 amide bonds. The molecular formula is C9H12N2O3. The average molecular weight is 196 g/mol. The molecule has 76 valence electrons. The molecule has 0 unspecified atom stereocenters. The molecule has 1 aromatic heterocycles. The third-order valence-electron chi connectivity index (χ3n) is 1.78. The Kier molecular flexibility index (Phi) is 3.28. The number of urea groups is 1. The maximum atomic E-state index is 11.2. The molecule has 0 spiro atoms. The molecule has 0 aromatic carbocycles. The Morgan fingerprint density at radius 1 is 1.64 bits per heavy atom. The highest BCUT2D eigenvalue weighted by Gasteiger charge is 2.15. The van der Waals surface area contributed by atoms with E-state index >= 15 is 0 Å². The summed E-state index contributed by atoms with van der Waals surface area (Å²) in [5, 5.41) is 2.01. The Balaban J connectivity index is 2.46. The third kappa shape index (κ3) is 2.93. The van der Waals surface area contributed by atoms with Crippen molar-refractivity contribution in [2.45, 2.75) is 13.3 Å². The molecule has 3 N–H and O–H groups in total. The summed E-state index contributed by atoms with van der Waals surface area (Å²) in [5.41, 5.74) is 4.81. The number of carbonyl (C=O) groups excluding carboxylic acids is 2. The van der Waals surface area contributed by atoms with E-state index in [2.05, 4.69) is 0 Å². The first-order valence-electron chi connectivity index (χ1n) is 4.22. The van der Waals surface area contributed by atoms with E-state index in [9.17, 15) is 9.59 Å². The zero-order valence-corrected chi connectivity index (χ0v) is 7.82. The van der Waals surface area contributed by atoms with Crippen molar-refractivity contribution in [3.8, 4) is 0 Å². The summed E-state index contributed by atoms with van der Waals surface area (Å²) in [6.45, 7) is 1.70. The van der Waals surface area contributed by atoms with Crippen LogP contribution in [0, 0.1) is 5.92 Å². The number of amides is 3. The average Bonchev–Trinajstić information content (AvgIpc) is 2.55. The highest BCUT2D eigenvalue weighted by Crippen LogP contribution is 2.08. The van der Waals surface area contributed by atoms with Gasteiger partial charge in [0, 0.05) is 12.3 Å². The first-order valence-corrected chi connectivity index (χ1v) is 4.22. The van der Waals surface area contributed by atoms with E-state index < -0.39 is 11.9 Å². The Morgan fingerprint density at radius 3 is 2.86 bits per heavy atom. The molecule has 0 saturated carbocycles. The van der Waals surface area contributed by atoms with Gasteiger partial charge in [-0.3, -0.25) is 10.1 Å². The maximum Gasteiger partial charge on any atom is 0.318 e. The lowest BCUT2D eigenvalue weighted by Crippen LogP contribution is -2.38. The molecular weight excluding hydrogens is 184 g/mol. The van der Waals surface area contributed by atoms with Crippen molar-refractivity contribution in [2.75, 3.05) is 0 Å². The molecule has 5 nitrogen and oxygen atoms in total. The number of carbonyl (C=O) groups is 2. The topological polar surface area (TPSA) is 85.3 Å². The van der Waals surface area contributed by atoms with Gasteiger partial charge in [0.25, 0.3) is 0 Å². The highest BCUT2D eigenvalue weighted by atomic mass is 16.3. The smallest absolute Gasteiger partial charge is 0.318 e. The van der Waals surface area contributed by atoms with Crippen molar-refractivity contribution in [3.63, 3.8) is 0 Å². The van der Waals surface area contributed by atoms with Gasteiger partial charge >= 0.3 is 6.03 Å². The molecule has 0 fully saturated rings. The molecule has 0 radical (unpaired) electrons. The Morgan fingerprint density at radius 2 is 2.36 bits per heavy atom. The molecule has 0 saturated heterocycles. The number of primary amides is 1. The number of hydrogen-bond donors (Lipinski definition) is 2. The van der Waals surface area contributed by atoms with Gasteiger partial charge in [0.15, 0.2) is 0 Å². The summed E-state index contributed by atoms with van der Waals surface area (Å²) < 4.78 is 5.06. The fourth-order valence-electron chi connectivity index (χ4n) is 1.07. The lowest BCUT2D eigenvalue weighted by Gasteiger charge is -2.07. The zero-order valence-electron chi connectivity index (χ0n) is 7.82. The minimum Gasteiger partial charge on any atom is -0.469 e. The largest absolute Gasteiger partial charge is 0.469 e. The van der Waals surface area contributed by atoms with Crippen LogP contribution in [0.25, 0.3) is 0 Å². The van der Waals surface area contributed by atoms with Gasteiger partial charge in [0.2, 0.25) is 5.91 Å². The van der Waals surface area contributed by atoms with Gasteiger partial charge in [-0.15, -0.1) is 0 Å². The number of nitrogens with one attached hydrogen (secondary N) is 1. The van der Waals surface area contributed by atoms with E-state index in [-0.39, 0.29) is 5.92 Å². The van der Waals surface area contributed by atoms with Gasteiger partial charge < -0.3 is 10.2 Å². The SMILES string of the molecule is C[C@@H](Cc1ccco1)C(=O)NC(N)=O. The van der Waals surface area contributed by atoms with Crippen LogP contribution < -0.4 is 11.1 Å². The second kappa shape index (κ2) is 4.45.